The van der Waals surface area contributed by atoms with Gasteiger partial charge in [-0.3, -0.25) is 4.79 Å². The van der Waals surface area contributed by atoms with Crippen LogP contribution in [0.3, 0.4) is 0 Å². The molecule has 0 fully saturated rings. The number of hydrogen-bond acceptors (Lipinski definition) is 3. The molecule has 0 N–H and O–H groups in total. The fourth-order valence-corrected chi connectivity index (χ4v) is 2.48. The maximum Gasteiger partial charge on any atom is 0.188 e. The molecule has 2 rings (SSSR count). The van der Waals surface area contributed by atoms with Crippen molar-refractivity contribution in [3.05, 3.63) is 38.6 Å². The maximum absolute atomic E-state index is 11.1. The number of carbonyl (C=O) groups is 1. The second-order valence-corrected chi connectivity index (χ2v) is 4.92. The maximum atomic E-state index is 11.1. The molecule has 0 unspecified atom stereocenters. The minimum absolute atomic E-state index is 0.0404. The normalized spacial score (nSPS) is 10.4. The van der Waals surface area contributed by atoms with Crippen LogP contribution in [0.25, 0.3) is 11.3 Å². The number of carbonyl (C=O) groups excluding carboxylic acids is 1. The highest BCUT2D eigenvalue weighted by atomic mass is 35.5. The Labute approximate surface area is 107 Å². The van der Waals surface area contributed by atoms with Crippen LogP contribution in [0, 0.1) is 0 Å². The molecule has 0 atom stereocenters. The number of Topliss-reactive ketones (excluding diaryl/α,β-unsaturated/α-hetero) is 1. The van der Waals surface area contributed by atoms with Gasteiger partial charge in [0.2, 0.25) is 0 Å². The lowest BCUT2D eigenvalue weighted by molar-refractivity contribution is 0.101. The number of benzene rings is 1. The summed E-state index contributed by atoms with van der Waals surface area (Å²) in [7, 11) is 0. The van der Waals surface area contributed by atoms with Crippen LogP contribution < -0.4 is 0 Å². The third-order valence-electron chi connectivity index (χ3n) is 2.01. The van der Waals surface area contributed by atoms with E-state index < -0.39 is 0 Å². The summed E-state index contributed by atoms with van der Waals surface area (Å²) in [5.41, 5.74) is 1.49. The Morgan fingerprint density at radius 3 is 2.69 bits per heavy atom. The molecular weight excluding hydrogens is 265 g/mol. The molecule has 0 saturated carbocycles. The van der Waals surface area contributed by atoms with Crippen LogP contribution in [-0.4, -0.2) is 10.8 Å². The van der Waals surface area contributed by atoms with Crippen molar-refractivity contribution in [3.8, 4) is 11.3 Å². The molecule has 1 heterocycles. The molecule has 1 aromatic heterocycles. The van der Waals surface area contributed by atoms with Crippen molar-refractivity contribution in [1.29, 1.82) is 0 Å². The fourth-order valence-electron chi connectivity index (χ4n) is 1.26. The quantitative estimate of drug-likeness (QED) is 0.762. The summed E-state index contributed by atoms with van der Waals surface area (Å²) in [4.78, 5) is 15.3. The molecule has 0 aliphatic rings. The monoisotopic (exact) mass is 271 g/mol. The number of halogens is 2. The van der Waals surface area contributed by atoms with E-state index in [4.69, 9.17) is 23.2 Å². The lowest BCUT2D eigenvalue weighted by Crippen LogP contribution is -1.90. The SMILES string of the molecule is CC(=O)c1nc(-c2ccc(Cl)cc2Cl)cs1. The predicted octanol–water partition coefficient (Wildman–Crippen LogP) is 4.32. The van der Waals surface area contributed by atoms with E-state index in [0.29, 0.717) is 20.7 Å². The third-order valence-corrected chi connectivity index (χ3v) is 3.50. The zero-order valence-electron chi connectivity index (χ0n) is 8.33. The fraction of sp³-hybridized carbons (Fsp3) is 0.0909. The Bertz CT molecular complexity index is 551. The number of thiazole rings is 1. The van der Waals surface area contributed by atoms with Crippen LogP contribution in [-0.2, 0) is 0 Å². The molecule has 0 amide bonds. The molecule has 5 heteroatoms. The Hall–Kier alpha value is -0.900. The number of hydrogen-bond donors (Lipinski definition) is 0. The number of ketones is 1. The van der Waals surface area contributed by atoms with E-state index in [1.54, 1.807) is 18.2 Å². The largest absolute Gasteiger partial charge is 0.292 e. The molecule has 0 saturated heterocycles. The summed E-state index contributed by atoms with van der Waals surface area (Å²) in [6.45, 7) is 1.49. The van der Waals surface area contributed by atoms with Crippen molar-refractivity contribution in [2.24, 2.45) is 0 Å². The first-order valence-corrected chi connectivity index (χ1v) is 6.13. The molecule has 0 aliphatic carbocycles. The van der Waals surface area contributed by atoms with Gasteiger partial charge >= 0.3 is 0 Å². The Morgan fingerprint density at radius 1 is 1.38 bits per heavy atom. The van der Waals surface area contributed by atoms with Gasteiger partial charge in [0.25, 0.3) is 0 Å². The van der Waals surface area contributed by atoms with Gasteiger partial charge in [-0.15, -0.1) is 11.3 Å². The molecule has 82 valence electrons. The van der Waals surface area contributed by atoms with Crippen LogP contribution in [0.2, 0.25) is 10.0 Å². The van der Waals surface area contributed by atoms with Crippen LogP contribution in [0.5, 0.6) is 0 Å². The Morgan fingerprint density at radius 2 is 2.12 bits per heavy atom. The predicted molar refractivity (Wildman–Crippen MR) is 67.6 cm³/mol. The molecule has 0 spiro atoms. The van der Waals surface area contributed by atoms with Crippen molar-refractivity contribution in [2.75, 3.05) is 0 Å². The Balaban J connectivity index is 2.46. The van der Waals surface area contributed by atoms with Gasteiger partial charge in [-0.25, -0.2) is 4.98 Å². The van der Waals surface area contributed by atoms with Crippen LogP contribution in [0.1, 0.15) is 16.7 Å². The highest BCUT2D eigenvalue weighted by Gasteiger charge is 2.10. The van der Waals surface area contributed by atoms with E-state index in [1.807, 2.05) is 5.38 Å². The smallest absolute Gasteiger partial charge is 0.188 e. The van der Waals surface area contributed by atoms with Gasteiger partial charge in [-0.2, -0.15) is 0 Å². The molecular formula is C11H7Cl2NOS. The lowest BCUT2D eigenvalue weighted by Gasteiger charge is -2.00. The summed E-state index contributed by atoms with van der Waals surface area (Å²) >= 11 is 13.2. The standard InChI is InChI=1S/C11H7Cl2NOS/c1-6(15)11-14-10(5-16-11)8-3-2-7(12)4-9(8)13/h2-5H,1H3. The second kappa shape index (κ2) is 4.53. The first kappa shape index (κ1) is 11.6. The summed E-state index contributed by atoms with van der Waals surface area (Å²) in [6, 6.07) is 5.20. The highest BCUT2D eigenvalue weighted by Crippen LogP contribution is 2.31. The van der Waals surface area contributed by atoms with Gasteiger partial charge < -0.3 is 0 Å². The van der Waals surface area contributed by atoms with Crippen LogP contribution >= 0.6 is 34.5 Å². The summed E-state index contributed by atoms with van der Waals surface area (Å²) < 4.78 is 0. The molecule has 2 aromatic rings. The van der Waals surface area contributed by atoms with E-state index in [0.717, 1.165) is 5.56 Å². The Kier molecular flexibility index (Phi) is 3.28. The summed E-state index contributed by atoms with van der Waals surface area (Å²) in [5, 5.41) is 3.41. The zero-order valence-corrected chi connectivity index (χ0v) is 10.7. The van der Waals surface area contributed by atoms with Crippen molar-refractivity contribution < 1.29 is 4.79 Å². The van der Waals surface area contributed by atoms with E-state index in [9.17, 15) is 4.79 Å². The van der Waals surface area contributed by atoms with E-state index in [2.05, 4.69) is 4.98 Å². The van der Waals surface area contributed by atoms with Gasteiger partial charge in [-0.1, -0.05) is 23.2 Å². The number of nitrogens with zero attached hydrogens (tertiary/aromatic N) is 1. The van der Waals surface area contributed by atoms with Gasteiger partial charge in [-0.05, 0) is 18.2 Å². The number of rotatable bonds is 2. The third kappa shape index (κ3) is 2.26. The zero-order chi connectivity index (χ0) is 11.7. The van der Waals surface area contributed by atoms with Crippen LogP contribution in [0.4, 0.5) is 0 Å². The summed E-state index contributed by atoms with van der Waals surface area (Å²) in [5.74, 6) is -0.0404. The topological polar surface area (TPSA) is 30.0 Å². The molecule has 2 nitrogen and oxygen atoms in total. The van der Waals surface area contributed by atoms with Gasteiger partial charge in [0, 0.05) is 22.9 Å². The minimum Gasteiger partial charge on any atom is -0.292 e. The van der Waals surface area contributed by atoms with Crippen molar-refractivity contribution in [1.82, 2.24) is 4.98 Å². The van der Waals surface area contributed by atoms with E-state index in [1.165, 1.54) is 18.3 Å². The number of aromatic nitrogens is 1. The molecule has 0 bridgehead atoms. The molecule has 0 aliphatic heterocycles. The average molecular weight is 272 g/mol. The van der Waals surface area contributed by atoms with Crippen molar-refractivity contribution >= 4 is 40.3 Å². The van der Waals surface area contributed by atoms with Crippen molar-refractivity contribution in [2.45, 2.75) is 6.92 Å². The van der Waals surface area contributed by atoms with E-state index in [-0.39, 0.29) is 5.78 Å². The molecule has 1 aromatic carbocycles. The highest BCUT2D eigenvalue weighted by molar-refractivity contribution is 7.12. The first-order chi connectivity index (χ1) is 7.58. The summed E-state index contributed by atoms with van der Waals surface area (Å²) in [6.07, 6.45) is 0. The minimum atomic E-state index is -0.0404. The van der Waals surface area contributed by atoms with Gasteiger partial charge in [0.05, 0.1) is 10.7 Å². The van der Waals surface area contributed by atoms with Crippen molar-refractivity contribution in [3.63, 3.8) is 0 Å². The van der Waals surface area contributed by atoms with Crippen LogP contribution in [0.15, 0.2) is 23.6 Å². The molecule has 0 radical (unpaired) electrons. The second-order valence-electron chi connectivity index (χ2n) is 3.22. The van der Waals surface area contributed by atoms with E-state index >= 15 is 0 Å². The van der Waals surface area contributed by atoms with Gasteiger partial charge in [0.1, 0.15) is 0 Å². The lowest BCUT2D eigenvalue weighted by atomic mass is 10.2. The van der Waals surface area contributed by atoms with Gasteiger partial charge in [0.15, 0.2) is 10.8 Å². The molecule has 16 heavy (non-hydrogen) atoms. The average Bonchev–Trinajstić information content (AvgIpc) is 2.66. The first-order valence-electron chi connectivity index (χ1n) is 4.50.